The number of carbonyl (C=O) groups is 1. The predicted molar refractivity (Wildman–Crippen MR) is 97.6 cm³/mol. The van der Waals surface area contributed by atoms with Crippen LogP contribution in [0.2, 0.25) is 0 Å². The Hall–Kier alpha value is -1.19. The second-order valence-electron chi connectivity index (χ2n) is 6.00. The van der Waals surface area contributed by atoms with Crippen molar-refractivity contribution in [3.63, 3.8) is 0 Å². The Labute approximate surface area is 149 Å². The summed E-state index contributed by atoms with van der Waals surface area (Å²) in [5.74, 6) is 0.952. The Morgan fingerprint density at radius 3 is 2.75 bits per heavy atom. The molecule has 0 radical (unpaired) electrons. The van der Waals surface area contributed by atoms with Gasteiger partial charge < -0.3 is 5.32 Å². The number of hydrogen-bond donors (Lipinski definition) is 1. The van der Waals surface area contributed by atoms with Crippen LogP contribution in [0.5, 0.6) is 0 Å². The lowest BCUT2D eigenvalue weighted by molar-refractivity contribution is -0.119. The van der Waals surface area contributed by atoms with Gasteiger partial charge in [-0.1, -0.05) is 11.8 Å². The van der Waals surface area contributed by atoms with Gasteiger partial charge in [-0.2, -0.15) is 0 Å². The smallest absolute Gasteiger partial charge is 0.230 e. The monoisotopic (exact) mass is 385 g/mol. The molecule has 1 atom stereocenters. The Kier molecular flexibility index (Phi) is 4.85. The van der Waals surface area contributed by atoms with Gasteiger partial charge in [-0.05, 0) is 32.8 Å². The highest BCUT2D eigenvalue weighted by Crippen LogP contribution is 2.35. The van der Waals surface area contributed by atoms with Gasteiger partial charge in [0.25, 0.3) is 0 Å². The molecular weight excluding hydrogens is 366 g/mol. The fourth-order valence-corrected chi connectivity index (χ4v) is 6.49. The van der Waals surface area contributed by atoms with Crippen molar-refractivity contribution in [3.05, 3.63) is 16.3 Å². The molecule has 0 aromatic carbocycles. The molecule has 0 spiro atoms. The fraction of sp³-hybridized carbons (Fsp3) is 0.533. The molecule has 130 valence electrons. The normalized spacial score (nSPS) is 19.7. The highest BCUT2D eigenvalue weighted by Gasteiger charge is 2.28. The summed E-state index contributed by atoms with van der Waals surface area (Å²) in [6.07, 6.45) is 0.498. The maximum absolute atomic E-state index is 12.1. The second kappa shape index (κ2) is 6.61. The van der Waals surface area contributed by atoms with E-state index in [0.717, 1.165) is 20.8 Å². The number of sulfone groups is 1. The third kappa shape index (κ3) is 3.73. The van der Waals surface area contributed by atoms with Gasteiger partial charge in [0, 0.05) is 16.3 Å². The third-order valence-corrected chi connectivity index (χ3v) is 7.89. The summed E-state index contributed by atoms with van der Waals surface area (Å²) in [4.78, 5) is 23.2. The summed E-state index contributed by atoms with van der Waals surface area (Å²) in [5, 5.41) is 4.64. The minimum absolute atomic E-state index is 0.0447. The second-order valence-corrected chi connectivity index (χ2v) is 10.4. The number of nitrogens with zero attached hydrogens (tertiary/aromatic N) is 2. The van der Waals surface area contributed by atoms with E-state index in [1.54, 1.807) is 11.3 Å². The zero-order valence-corrected chi connectivity index (χ0v) is 16.2. The van der Waals surface area contributed by atoms with E-state index in [1.165, 1.54) is 16.6 Å². The van der Waals surface area contributed by atoms with Crippen molar-refractivity contribution in [2.75, 3.05) is 17.3 Å². The number of aromatic nitrogens is 2. The molecule has 0 bridgehead atoms. The van der Waals surface area contributed by atoms with E-state index in [1.807, 2.05) is 13.8 Å². The van der Waals surface area contributed by atoms with Crippen molar-refractivity contribution in [3.8, 4) is 0 Å². The summed E-state index contributed by atoms with van der Waals surface area (Å²) in [5.41, 5.74) is 1.15. The quantitative estimate of drug-likeness (QED) is 0.640. The molecule has 0 aliphatic carbocycles. The molecule has 1 saturated heterocycles. The average Bonchev–Trinajstić information content (AvgIpc) is 2.96. The van der Waals surface area contributed by atoms with Gasteiger partial charge in [-0.15, -0.1) is 11.3 Å². The third-order valence-electron chi connectivity index (χ3n) is 4.04. The standard InChI is InChI=1S/C15H19N3O3S3/c1-8-9(2)23-15-13(8)14(16-10(3)17-15)22-6-12(19)18-11-4-5-24(20,21)7-11/h11H,4-7H2,1-3H3,(H,18,19). The van der Waals surface area contributed by atoms with E-state index in [-0.39, 0.29) is 29.2 Å². The highest BCUT2D eigenvalue weighted by molar-refractivity contribution is 8.00. The summed E-state index contributed by atoms with van der Waals surface area (Å²) in [6.45, 7) is 5.94. The molecule has 1 aliphatic rings. The first-order chi connectivity index (χ1) is 11.2. The minimum Gasteiger partial charge on any atom is -0.352 e. The molecule has 1 amide bonds. The topological polar surface area (TPSA) is 89.0 Å². The highest BCUT2D eigenvalue weighted by atomic mass is 32.2. The van der Waals surface area contributed by atoms with Gasteiger partial charge >= 0.3 is 0 Å². The molecule has 1 aliphatic heterocycles. The van der Waals surface area contributed by atoms with Gasteiger partial charge in [-0.25, -0.2) is 18.4 Å². The number of fused-ring (bicyclic) bond motifs is 1. The molecule has 1 fully saturated rings. The van der Waals surface area contributed by atoms with Crippen LogP contribution in [0, 0.1) is 20.8 Å². The van der Waals surface area contributed by atoms with Crippen molar-refractivity contribution in [1.29, 1.82) is 0 Å². The van der Waals surface area contributed by atoms with Gasteiger partial charge in [0.05, 0.1) is 17.3 Å². The van der Waals surface area contributed by atoms with Crippen molar-refractivity contribution < 1.29 is 13.2 Å². The van der Waals surface area contributed by atoms with Crippen LogP contribution >= 0.6 is 23.1 Å². The maximum atomic E-state index is 12.1. The largest absolute Gasteiger partial charge is 0.352 e. The van der Waals surface area contributed by atoms with Gasteiger partial charge in [-0.3, -0.25) is 4.79 Å². The number of hydrogen-bond acceptors (Lipinski definition) is 7. The predicted octanol–water partition coefficient (Wildman–Crippen LogP) is 2.01. The molecule has 24 heavy (non-hydrogen) atoms. The number of thioether (sulfide) groups is 1. The zero-order valence-electron chi connectivity index (χ0n) is 13.7. The number of thiophene rings is 1. The van der Waals surface area contributed by atoms with Crippen LogP contribution in [-0.4, -0.2) is 47.6 Å². The van der Waals surface area contributed by atoms with E-state index < -0.39 is 9.84 Å². The van der Waals surface area contributed by atoms with E-state index in [4.69, 9.17) is 0 Å². The molecule has 3 rings (SSSR count). The Morgan fingerprint density at radius 1 is 1.33 bits per heavy atom. The van der Waals surface area contributed by atoms with Gasteiger partial charge in [0.15, 0.2) is 9.84 Å². The first-order valence-corrected chi connectivity index (χ1v) is 11.2. The Balaban J connectivity index is 1.70. The van der Waals surface area contributed by atoms with Crippen molar-refractivity contribution in [1.82, 2.24) is 15.3 Å². The van der Waals surface area contributed by atoms with Crippen molar-refractivity contribution >= 4 is 49.1 Å². The van der Waals surface area contributed by atoms with E-state index >= 15 is 0 Å². The number of carbonyl (C=O) groups excluding carboxylic acids is 1. The number of rotatable bonds is 4. The first-order valence-electron chi connectivity index (χ1n) is 7.62. The summed E-state index contributed by atoms with van der Waals surface area (Å²) >= 11 is 3.01. The van der Waals surface area contributed by atoms with Crippen molar-refractivity contribution in [2.24, 2.45) is 0 Å². The lowest BCUT2D eigenvalue weighted by Crippen LogP contribution is -2.36. The Bertz CT molecular complexity index is 906. The molecule has 1 unspecified atom stereocenters. The van der Waals surface area contributed by atoms with E-state index in [0.29, 0.717) is 12.2 Å². The molecule has 2 aromatic rings. The van der Waals surface area contributed by atoms with Crippen LogP contribution in [0.3, 0.4) is 0 Å². The number of amides is 1. The summed E-state index contributed by atoms with van der Waals surface area (Å²) in [7, 11) is -2.99. The van der Waals surface area contributed by atoms with Crippen LogP contribution in [0.15, 0.2) is 5.03 Å². The summed E-state index contributed by atoms with van der Waals surface area (Å²) in [6, 6.07) is -0.264. The number of aryl methyl sites for hydroxylation is 3. The molecule has 9 heteroatoms. The van der Waals surface area contributed by atoms with Crippen LogP contribution < -0.4 is 5.32 Å². The molecular formula is C15H19N3O3S3. The average molecular weight is 386 g/mol. The van der Waals surface area contributed by atoms with Crippen molar-refractivity contribution in [2.45, 2.75) is 38.3 Å². The molecule has 0 saturated carbocycles. The summed E-state index contributed by atoms with van der Waals surface area (Å²) < 4.78 is 22.9. The van der Waals surface area contributed by atoms with Gasteiger partial charge in [0.2, 0.25) is 5.91 Å². The van der Waals surface area contributed by atoms with Crippen LogP contribution in [0.1, 0.15) is 22.7 Å². The molecule has 3 heterocycles. The van der Waals surface area contributed by atoms with Crippen LogP contribution in [0.4, 0.5) is 0 Å². The molecule has 1 N–H and O–H groups in total. The Morgan fingerprint density at radius 2 is 2.08 bits per heavy atom. The van der Waals surface area contributed by atoms with Crippen LogP contribution in [0.25, 0.3) is 10.2 Å². The van der Waals surface area contributed by atoms with E-state index in [9.17, 15) is 13.2 Å². The molecule has 2 aromatic heterocycles. The lowest BCUT2D eigenvalue weighted by Gasteiger charge is -2.10. The first kappa shape index (κ1) is 17.6. The molecule has 6 nitrogen and oxygen atoms in total. The van der Waals surface area contributed by atoms with Gasteiger partial charge in [0.1, 0.15) is 15.7 Å². The zero-order chi connectivity index (χ0) is 17.5. The minimum atomic E-state index is -2.99. The SMILES string of the molecule is Cc1nc(SCC(=O)NC2CCS(=O)(=O)C2)c2c(C)c(C)sc2n1. The maximum Gasteiger partial charge on any atom is 0.230 e. The number of nitrogens with one attached hydrogen (secondary N) is 1. The lowest BCUT2D eigenvalue weighted by atomic mass is 10.2. The van der Waals surface area contributed by atoms with Crippen LogP contribution in [-0.2, 0) is 14.6 Å². The van der Waals surface area contributed by atoms with E-state index in [2.05, 4.69) is 22.2 Å². The fourth-order valence-electron chi connectivity index (χ4n) is 2.73.